The predicted octanol–water partition coefficient (Wildman–Crippen LogP) is 4.31. The van der Waals surface area contributed by atoms with Gasteiger partial charge in [0.1, 0.15) is 5.75 Å². The van der Waals surface area contributed by atoms with E-state index >= 15 is 0 Å². The summed E-state index contributed by atoms with van der Waals surface area (Å²) in [7, 11) is 0. The van der Waals surface area contributed by atoms with Crippen molar-refractivity contribution in [3.63, 3.8) is 0 Å². The monoisotopic (exact) mass is 239 g/mol. The Labute approximate surface area is 109 Å². The van der Waals surface area contributed by atoms with Gasteiger partial charge in [-0.3, -0.25) is 0 Å². The summed E-state index contributed by atoms with van der Waals surface area (Å²) in [6.07, 6.45) is 0. The van der Waals surface area contributed by atoms with Crippen LogP contribution in [0, 0.1) is 12.0 Å². The van der Waals surface area contributed by atoms with Crippen LogP contribution in [0.2, 0.25) is 0 Å². The molecule has 2 unspecified atom stereocenters. The first-order valence-corrected chi connectivity index (χ1v) is 6.41. The van der Waals surface area contributed by atoms with Crippen LogP contribution in [0.4, 0.5) is 0 Å². The first kappa shape index (κ1) is 12.7. The molecule has 0 saturated carbocycles. The highest BCUT2D eigenvalue weighted by Crippen LogP contribution is 2.24. The summed E-state index contributed by atoms with van der Waals surface area (Å²) in [4.78, 5) is 0. The van der Waals surface area contributed by atoms with Crippen LogP contribution in [-0.4, -0.2) is 6.61 Å². The van der Waals surface area contributed by atoms with Gasteiger partial charge < -0.3 is 4.74 Å². The number of rotatable bonds is 5. The SMILES string of the molecule is CC(COc1cc[c]cc1)C(C)c1ccccc1. The molecule has 0 N–H and O–H groups in total. The highest BCUT2D eigenvalue weighted by atomic mass is 16.5. The molecule has 2 atom stereocenters. The van der Waals surface area contributed by atoms with Crippen molar-refractivity contribution in [3.05, 3.63) is 66.2 Å². The van der Waals surface area contributed by atoms with Crippen molar-refractivity contribution in [1.82, 2.24) is 0 Å². The summed E-state index contributed by atoms with van der Waals surface area (Å²) in [5.74, 6) is 1.90. The van der Waals surface area contributed by atoms with Gasteiger partial charge in [0.25, 0.3) is 0 Å². The Morgan fingerprint density at radius 2 is 1.67 bits per heavy atom. The quantitative estimate of drug-likeness (QED) is 0.755. The lowest BCUT2D eigenvalue weighted by Gasteiger charge is -2.20. The zero-order chi connectivity index (χ0) is 12.8. The second-order valence-corrected chi connectivity index (χ2v) is 4.72. The molecule has 0 spiro atoms. The fourth-order valence-corrected chi connectivity index (χ4v) is 1.92. The molecule has 0 aliphatic carbocycles. The van der Waals surface area contributed by atoms with Crippen molar-refractivity contribution >= 4 is 0 Å². The molecule has 93 valence electrons. The Hall–Kier alpha value is -1.76. The van der Waals surface area contributed by atoms with Gasteiger partial charge in [-0.1, -0.05) is 56.3 Å². The molecular formula is C17H19O. The van der Waals surface area contributed by atoms with E-state index in [4.69, 9.17) is 4.74 Å². The lowest BCUT2D eigenvalue weighted by Crippen LogP contribution is -2.15. The maximum Gasteiger partial charge on any atom is 0.119 e. The molecule has 0 aliphatic heterocycles. The molecule has 1 heteroatoms. The minimum atomic E-state index is 0.483. The van der Waals surface area contributed by atoms with E-state index in [-0.39, 0.29) is 0 Å². The molecule has 2 rings (SSSR count). The van der Waals surface area contributed by atoms with Gasteiger partial charge >= 0.3 is 0 Å². The highest BCUT2D eigenvalue weighted by molar-refractivity contribution is 5.21. The summed E-state index contributed by atoms with van der Waals surface area (Å²) >= 11 is 0. The largest absolute Gasteiger partial charge is 0.493 e. The van der Waals surface area contributed by atoms with E-state index in [1.54, 1.807) is 0 Å². The third-order valence-corrected chi connectivity index (χ3v) is 3.38. The summed E-state index contributed by atoms with van der Waals surface area (Å²) in [6, 6.07) is 21.2. The molecule has 1 nitrogen and oxygen atoms in total. The second-order valence-electron chi connectivity index (χ2n) is 4.72. The Bertz CT molecular complexity index is 450. The molecule has 0 amide bonds. The summed E-state index contributed by atoms with van der Waals surface area (Å²) in [5.41, 5.74) is 1.37. The molecule has 18 heavy (non-hydrogen) atoms. The number of hydrogen-bond acceptors (Lipinski definition) is 1. The van der Waals surface area contributed by atoms with Crippen LogP contribution in [0.5, 0.6) is 5.75 Å². The highest BCUT2D eigenvalue weighted by Gasteiger charge is 2.14. The van der Waals surface area contributed by atoms with Crippen LogP contribution in [0.15, 0.2) is 54.6 Å². The second kappa shape index (κ2) is 6.25. The van der Waals surface area contributed by atoms with Crippen molar-refractivity contribution in [3.8, 4) is 5.75 Å². The smallest absolute Gasteiger partial charge is 0.119 e. The maximum absolute atomic E-state index is 5.79. The molecule has 1 radical (unpaired) electrons. The van der Waals surface area contributed by atoms with Crippen molar-refractivity contribution < 1.29 is 4.74 Å². The Morgan fingerprint density at radius 3 is 2.33 bits per heavy atom. The first-order chi connectivity index (χ1) is 8.77. The fourth-order valence-electron chi connectivity index (χ4n) is 1.92. The maximum atomic E-state index is 5.79. The molecule has 0 heterocycles. The Morgan fingerprint density at radius 1 is 1.00 bits per heavy atom. The van der Waals surface area contributed by atoms with Gasteiger partial charge in [-0.2, -0.15) is 0 Å². The van der Waals surface area contributed by atoms with Crippen LogP contribution in [0.25, 0.3) is 0 Å². The van der Waals surface area contributed by atoms with E-state index in [2.05, 4.69) is 50.2 Å². The van der Waals surface area contributed by atoms with E-state index in [0.29, 0.717) is 11.8 Å². The van der Waals surface area contributed by atoms with E-state index in [9.17, 15) is 0 Å². The van der Waals surface area contributed by atoms with Gasteiger partial charge in [0.05, 0.1) is 6.61 Å². The van der Waals surface area contributed by atoms with Crippen LogP contribution >= 0.6 is 0 Å². The van der Waals surface area contributed by atoms with E-state index < -0.39 is 0 Å². The third kappa shape index (κ3) is 3.36. The normalized spacial score (nSPS) is 13.9. The van der Waals surface area contributed by atoms with Crippen molar-refractivity contribution in [2.75, 3.05) is 6.61 Å². The van der Waals surface area contributed by atoms with Crippen LogP contribution in [0.1, 0.15) is 25.3 Å². The molecule has 0 fully saturated rings. The minimum absolute atomic E-state index is 0.483. The van der Waals surface area contributed by atoms with Gasteiger partial charge in [0.15, 0.2) is 0 Å². The zero-order valence-electron chi connectivity index (χ0n) is 11.0. The van der Waals surface area contributed by atoms with Gasteiger partial charge in [-0.25, -0.2) is 0 Å². The predicted molar refractivity (Wildman–Crippen MR) is 74.8 cm³/mol. The number of hydrogen-bond donors (Lipinski definition) is 0. The lowest BCUT2D eigenvalue weighted by atomic mass is 9.89. The average Bonchev–Trinajstić information content (AvgIpc) is 2.46. The zero-order valence-corrected chi connectivity index (χ0v) is 11.0. The van der Waals surface area contributed by atoms with Gasteiger partial charge in [0.2, 0.25) is 0 Å². The van der Waals surface area contributed by atoms with Crippen LogP contribution in [0.3, 0.4) is 0 Å². The van der Waals surface area contributed by atoms with E-state index in [1.807, 2.05) is 24.3 Å². The summed E-state index contributed by atoms with van der Waals surface area (Å²) in [6.45, 7) is 5.22. The number of benzene rings is 2. The Kier molecular flexibility index (Phi) is 4.40. The molecule has 0 saturated heterocycles. The molecule has 2 aromatic rings. The van der Waals surface area contributed by atoms with Gasteiger partial charge in [-0.05, 0) is 35.6 Å². The van der Waals surface area contributed by atoms with E-state index in [1.165, 1.54) is 5.56 Å². The summed E-state index contributed by atoms with van der Waals surface area (Å²) < 4.78 is 5.79. The minimum Gasteiger partial charge on any atom is -0.493 e. The van der Waals surface area contributed by atoms with Gasteiger partial charge in [0, 0.05) is 0 Å². The van der Waals surface area contributed by atoms with Crippen LogP contribution < -0.4 is 4.74 Å². The van der Waals surface area contributed by atoms with Crippen LogP contribution in [-0.2, 0) is 0 Å². The number of ether oxygens (including phenoxy) is 1. The van der Waals surface area contributed by atoms with Crippen molar-refractivity contribution in [2.45, 2.75) is 19.8 Å². The molecule has 2 aromatic carbocycles. The van der Waals surface area contributed by atoms with Crippen molar-refractivity contribution in [2.24, 2.45) is 5.92 Å². The molecular weight excluding hydrogens is 220 g/mol. The summed E-state index contributed by atoms with van der Waals surface area (Å²) in [5, 5.41) is 0. The third-order valence-electron chi connectivity index (χ3n) is 3.38. The van der Waals surface area contributed by atoms with E-state index in [0.717, 1.165) is 12.4 Å². The Balaban J connectivity index is 1.90. The van der Waals surface area contributed by atoms with Crippen molar-refractivity contribution in [1.29, 1.82) is 0 Å². The molecule has 0 aromatic heterocycles. The molecule has 0 bridgehead atoms. The van der Waals surface area contributed by atoms with Gasteiger partial charge in [-0.15, -0.1) is 0 Å². The lowest BCUT2D eigenvalue weighted by molar-refractivity contribution is 0.242. The topological polar surface area (TPSA) is 9.23 Å². The standard InChI is InChI=1S/C17H19O/c1-14(13-18-17-11-7-4-8-12-17)15(2)16-9-5-3-6-10-16/h3,5-12,14-15H,13H2,1-2H3. The first-order valence-electron chi connectivity index (χ1n) is 6.41. The fraction of sp³-hybridized carbons (Fsp3) is 0.294. The molecule has 0 aliphatic rings. The average molecular weight is 239 g/mol.